The summed E-state index contributed by atoms with van der Waals surface area (Å²) in [5, 5.41) is 4.35. The molecule has 0 saturated carbocycles. The van der Waals surface area contributed by atoms with Gasteiger partial charge < -0.3 is 9.88 Å². The summed E-state index contributed by atoms with van der Waals surface area (Å²) in [6.07, 6.45) is 5.70. The zero-order valence-corrected chi connectivity index (χ0v) is 14.1. The molecule has 0 amide bonds. The Morgan fingerprint density at radius 3 is 2.90 bits per heavy atom. The van der Waals surface area contributed by atoms with Crippen LogP contribution in [0.3, 0.4) is 0 Å². The first-order valence-corrected chi connectivity index (χ1v) is 7.93. The average molecular weight is 357 g/mol. The fourth-order valence-corrected chi connectivity index (χ4v) is 2.80. The van der Waals surface area contributed by atoms with Crippen molar-refractivity contribution in [3.05, 3.63) is 51.5 Å². The Kier molecular flexibility index (Phi) is 5.64. The lowest BCUT2D eigenvalue weighted by molar-refractivity contribution is 0.512. The van der Waals surface area contributed by atoms with Crippen LogP contribution < -0.4 is 5.32 Å². The fourth-order valence-electron chi connectivity index (χ4n) is 2.17. The van der Waals surface area contributed by atoms with Crippen molar-refractivity contribution >= 4 is 27.5 Å². The van der Waals surface area contributed by atoms with Crippen LogP contribution >= 0.6 is 27.5 Å². The molecule has 5 heteroatoms. The minimum atomic E-state index is 0.168. The van der Waals surface area contributed by atoms with Crippen molar-refractivity contribution < 1.29 is 0 Å². The van der Waals surface area contributed by atoms with E-state index >= 15 is 0 Å². The lowest BCUT2D eigenvalue weighted by atomic mass is 10.0. The molecule has 0 fully saturated rings. The Morgan fingerprint density at radius 1 is 1.45 bits per heavy atom. The van der Waals surface area contributed by atoms with E-state index in [0.717, 1.165) is 40.3 Å². The predicted molar refractivity (Wildman–Crippen MR) is 87.1 cm³/mol. The number of aryl methyl sites for hydroxylation is 1. The zero-order chi connectivity index (χ0) is 14.5. The first-order valence-electron chi connectivity index (χ1n) is 6.76. The van der Waals surface area contributed by atoms with Crippen LogP contribution in [0.15, 0.2) is 35.1 Å². The zero-order valence-electron chi connectivity index (χ0n) is 11.7. The quantitative estimate of drug-likeness (QED) is 0.844. The molecule has 0 aliphatic carbocycles. The summed E-state index contributed by atoms with van der Waals surface area (Å²) in [5.41, 5.74) is 1.11. The lowest BCUT2D eigenvalue weighted by Gasteiger charge is -2.20. The molecule has 0 aliphatic rings. The fraction of sp³-hybridized carbons (Fsp3) is 0.400. The molecule has 0 saturated heterocycles. The highest BCUT2D eigenvalue weighted by Gasteiger charge is 2.17. The van der Waals surface area contributed by atoms with Crippen molar-refractivity contribution in [1.82, 2.24) is 14.9 Å². The molecule has 2 aromatic rings. The molecule has 1 N–H and O–H groups in total. The van der Waals surface area contributed by atoms with E-state index in [4.69, 9.17) is 11.6 Å². The molecule has 0 spiro atoms. The third-order valence-corrected chi connectivity index (χ3v) is 4.12. The summed E-state index contributed by atoms with van der Waals surface area (Å²) >= 11 is 9.88. The van der Waals surface area contributed by atoms with Gasteiger partial charge in [0.2, 0.25) is 0 Å². The largest absolute Gasteiger partial charge is 0.338 e. The number of hydrogen-bond acceptors (Lipinski definition) is 2. The molecule has 1 aromatic heterocycles. The summed E-state index contributed by atoms with van der Waals surface area (Å²) in [5.74, 6) is 1.05. The molecular formula is C15H19BrClN3. The minimum Gasteiger partial charge on any atom is -0.338 e. The van der Waals surface area contributed by atoms with E-state index in [1.807, 2.05) is 36.1 Å². The highest BCUT2D eigenvalue weighted by molar-refractivity contribution is 9.10. The van der Waals surface area contributed by atoms with Crippen LogP contribution in [0, 0.1) is 0 Å². The standard InChI is InChI=1S/C15H19BrClN3/c1-3-6-18-14(10-15-19-7-8-20(15)2)12-9-11(16)4-5-13(12)17/h4-5,7-9,14,18H,3,6,10H2,1-2H3. The van der Waals surface area contributed by atoms with Gasteiger partial charge in [0.1, 0.15) is 5.82 Å². The van der Waals surface area contributed by atoms with Gasteiger partial charge in [-0.2, -0.15) is 0 Å². The maximum Gasteiger partial charge on any atom is 0.110 e. The Hall–Kier alpha value is -0.840. The van der Waals surface area contributed by atoms with Crippen molar-refractivity contribution in [2.75, 3.05) is 6.54 Å². The normalized spacial score (nSPS) is 12.6. The lowest BCUT2D eigenvalue weighted by Crippen LogP contribution is -2.25. The second-order valence-electron chi connectivity index (χ2n) is 4.83. The average Bonchev–Trinajstić information content (AvgIpc) is 2.83. The van der Waals surface area contributed by atoms with Gasteiger partial charge in [0, 0.05) is 41.4 Å². The van der Waals surface area contributed by atoms with Crippen LogP contribution in [-0.2, 0) is 13.5 Å². The third kappa shape index (κ3) is 3.84. The molecule has 1 heterocycles. The van der Waals surface area contributed by atoms with E-state index in [0.29, 0.717) is 0 Å². The van der Waals surface area contributed by atoms with E-state index in [-0.39, 0.29) is 6.04 Å². The summed E-state index contributed by atoms with van der Waals surface area (Å²) in [7, 11) is 2.02. The van der Waals surface area contributed by atoms with E-state index in [9.17, 15) is 0 Å². The van der Waals surface area contributed by atoms with E-state index in [1.165, 1.54) is 0 Å². The van der Waals surface area contributed by atoms with Crippen LogP contribution in [-0.4, -0.2) is 16.1 Å². The first-order chi connectivity index (χ1) is 9.61. The number of imidazole rings is 1. The Morgan fingerprint density at radius 2 is 2.25 bits per heavy atom. The summed E-state index contributed by atoms with van der Waals surface area (Å²) in [4.78, 5) is 4.41. The topological polar surface area (TPSA) is 29.9 Å². The van der Waals surface area contributed by atoms with Crippen molar-refractivity contribution in [1.29, 1.82) is 0 Å². The second-order valence-corrected chi connectivity index (χ2v) is 6.15. The number of aromatic nitrogens is 2. The van der Waals surface area contributed by atoms with Gasteiger partial charge in [-0.15, -0.1) is 0 Å². The van der Waals surface area contributed by atoms with Gasteiger partial charge in [0.05, 0.1) is 0 Å². The number of benzene rings is 1. The van der Waals surface area contributed by atoms with Crippen molar-refractivity contribution in [2.24, 2.45) is 7.05 Å². The molecule has 1 atom stereocenters. The molecule has 1 unspecified atom stereocenters. The summed E-state index contributed by atoms with van der Waals surface area (Å²) < 4.78 is 3.09. The van der Waals surface area contributed by atoms with E-state index < -0.39 is 0 Å². The van der Waals surface area contributed by atoms with Crippen LogP contribution in [0.25, 0.3) is 0 Å². The van der Waals surface area contributed by atoms with Gasteiger partial charge in [0.25, 0.3) is 0 Å². The number of nitrogens with zero attached hydrogens (tertiary/aromatic N) is 2. The molecule has 0 radical (unpaired) electrons. The third-order valence-electron chi connectivity index (χ3n) is 3.28. The van der Waals surface area contributed by atoms with Gasteiger partial charge in [-0.25, -0.2) is 4.98 Å². The first kappa shape index (κ1) is 15.5. The molecule has 2 rings (SSSR count). The molecule has 108 valence electrons. The maximum absolute atomic E-state index is 6.36. The van der Waals surface area contributed by atoms with Crippen molar-refractivity contribution in [2.45, 2.75) is 25.8 Å². The van der Waals surface area contributed by atoms with E-state index in [1.54, 1.807) is 0 Å². The van der Waals surface area contributed by atoms with Gasteiger partial charge >= 0.3 is 0 Å². The minimum absolute atomic E-state index is 0.168. The summed E-state index contributed by atoms with van der Waals surface area (Å²) in [6.45, 7) is 3.12. The van der Waals surface area contributed by atoms with Gasteiger partial charge in [-0.05, 0) is 36.7 Å². The molecule has 0 aliphatic heterocycles. The summed E-state index contributed by atoms with van der Waals surface area (Å²) in [6, 6.07) is 6.14. The smallest absolute Gasteiger partial charge is 0.110 e. The predicted octanol–water partition coefficient (Wildman–Crippen LogP) is 4.12. The van der Waals surface area contributed by atoms with Gasteiger partial charge in [-0.1, -0.05) is 34.5 Å². The highest BCUT2D eigenvalue weighted by atomic mass is 79.9. The molecule has 0 bridgehead atoms. The van der Waals surface area contributed by atoms with Crippen LogP contribution in [0.2, 0.25) is 5.02 Å². The number of hydrogen-bond donors (Lipinski definition) is 1. The Balaban J connectivity index is 2.27. The van der Waals surface area contributed by atoms with Crippen LogP contribution in [0.5, 0.6) is 0 Å². The molecule has 20 heavy (non-hydrogen) atoms. The van der Waals surface area contributed by atoms with Gasteiger partial charge in [0.15, 0.2) is 0 Å². The Bertz CT molecular complexity index is 568. The van der Waals surface area contributed by atoms with Crippen LogP contribution in [0.4, 0.5) is 0 Å². The number of halogens is 2. The number of rotatable bonds is 6. The maximum atomic E-state index is 6.36. The molecule has 3 nitrogen and oxygen atoms in total. The second kappa shape index (κ2) is 7.25. The SMILES string of the molecule is CCCNC(Cc1nccn1C)c1cc(Br)ccc1Cl. The molecule has 1 aromatic carbocycles. The van der Waals surface area contributed by atoms with Crippen LogP contribution in [0.1, 0.15) is 30.8 Å². The Labute approximate surface area is 133 Å². The molecular weight excluding hydrogens is 338 g/mol. The van der Waals surface area contributed by atoms with Crippen molar-refractivity contribution in [3.63, 3.8) is 0 Å². The highest BCUT2D eigenvalue weighted by Crippen LogP contribution is 2.28. The van der Waals surface area contributed by atoms with E-state index in [2.05, 4.69) is 39.2 Å². The number of nitrogens with one attached hydrogen (secondary N) is 1. The van der Waals surface area contributed by atoms with Crippen molar-refractivity contribution in [3.8, 4) is 0 Å². The van der Waals surface area contributed by atoms with Gasteiger partial charge in [-0.3, -0.25) is 0 Å². The monoisotopic (exact) mass is 355 g/mol.